The Morgan fingerprint density at radius 2 is 1.76 bits per heavy atom. The highest BCUT2D eigenvalue weighted by molar-refractivity contribution is 5.95. The molecule has 1 aromatic heterocycles. The van der Waals surface area contributed by atoms with Crippen LogP contribution in [0.25, 0.3) is 0 Å². The van der Waals surface area contributed by atoms with E-state index < -0.39 is 0 Å². The number of nitrogens with one attached hydrogen (secondary N) is 2. The lowest BCUT2D eigenvalue weighted by Gasteiger charge is -2.36. The number of rotatable bonds is 3. The van der Waals surface area contributed by atoms with Gasteiger partial charge in [-0.3, -0.25) is 9.89 Å². The van der Waals surface area contributed by atoms with Gasteiger partial charge in [0.15, 0.2) is 0 Å². The number of amides is 1. The van der Waals surface area contributed by atoms with Gasteiger partial charge in [-0.1, -0.05) is 18.2 Å². The number of benzene rings is 1. The molecule has 3 heterocycles. The van der Waals surface area contributed by atoms with Gasteiger partial charge in [-0.15, -0.1) is 0 Å². The first kappa shape index (κ1) is 16.1. The zero-order valence-corrected chi connectivity index (χ0v) is 14.4. The maximum Gasteiger partial charge on any atom is 0.257 e. The average molecular weight is 339 g/mol. The van der Waals surface area contributed by atoms with E-state index in [9.17, 15) is 4.79 Å². The van der Waals surface area contributed by atoms with Gasteiger partial charge in [0.1, 0.15) is 0 Å². The van der Waals surface area contributed by atoms with E-state index in [0.717, 1.165) is 63.4 Å². The van der Waals surface area contributed by atoms with Gasteiger partial charge in [0.05, 0.1) is 17.5 Å². The Hall–Kier alpha value is -2.34. The van der Waals surface area contributed by atoms with Crippen LogP contribution in [0.5, 0.6) is 0 Å². The number of piperidine rings is 1. The van der Waals surface area contributed by atoms with E-state index in [-0.39, 0.29) is 5.91 Å². The minimum absolute atomic E-state index is 0.120. The standard InChI is InChI=1S/C19H25N5O/c25-19(17-14-21-22-18(17)15-6-8-20-9-7-15)24-12-10-23(11-13-24)16-4-2-1-3-5-16/h1-5,14-15,20H,6-13H2,(H,21,22). The van der Waals surface area contributed by atoms with Crippen LogP contribution in [0.15, 0.2) is 36.5 Å². The van der Waals surface area contributed by atoms with Crippen molar-refractivity contribution in [3.05, 3.63) is 47.8 Å². The minimum atomic E-state index is 0.120. The molecule has 6 nitrogen and oxygen atoms in total. The van der Waals surface area contributed by atoms with E-state index in [1.54, 1.807) is 6.20 Å². The van der Waals surface area contributed by atoms with Crippen LogP contribution in [0.2, 0.25) is 0 Å². The number of H-pyrrole nitrogens is 1. The summed E-state index contributed by atoms with van der Waals surface area (Å²) in [5.74, 6) is 0.531. The lowest BCUT2D eigenvalue weighted by molar-refractivity contribution is 0.0745. The zero-order valence-electron chi connectivity index (χ0n) is 14.4. The van der Waals surface area contributed by atoms with Gasteiger partial charge in [-0.05, 0) is 38.1 Å². The molecule has 4 rings (SSSR count). The molecule has 2 saturated heterocycles. The summed E-state index contributed by atoms with van der Waals surface area (Å²) in [5.41, 5.74) is 3.02. The van der Waals surface area contributed by atoms with E-state index in [0.29, 0.717) is 5.92 Å². The van der Waals surface area contributed by atoms with Crippen molar-refractivity contribution in [1.29, 1.82) is 0 Å². The fraction of sp³-hybridized carbons (Fsp3) is 0.474. The molecule has 2 fully saturated rings. The summed E-state index contributed by atoms with van der Waals surface area (Å²) in [6.45, 7) is 5.27. The average Bonchev–Trinajstić information content (AvgIpc) is 3.19. The lowest BCUT2D eigenvalue weighted by atomic mass is 9.92. The molecule has 0 saturated carbocycles. The highest BCUT2D eigenvalue weighted by Crippen LogP contribution is 2.27. The molecule has 2 N–H and O–H groups in total. The molecule has 1 aromatic carbocycles. The summed E-state index contributed by atoms with van der Waals surface area (Å²) in [6, 6.07) is 10.4. The van der Waals surface area contributed by atoms with E-state index in [2.05, 4.69) is 44.7 Å². The summed E-state index contributed by atoms with van der Waals surface area (Å²) in [5, 5.41) is 10.6. The number of aromatic amines is 1. The Labute approximate surface area is 148 Å². The van der Waals surface area contributed by atoms with Gasteiger partial charge >= 0.3 is 0 Å². The van der Waals surface area contributed by atoms with Crippen molar-refractivity contribution < 1.29 is 4.79 Å². The third-order valence-corrected chi connectivity index (χ3v) is 5.33. The maximum absolute atomic E-state index is 13.0. The highest BCUT2D eigenvalue weighted by atomic mass is 16.2. The SMILES string of the molecule is O=C(c1cn[nH]c1C1CCNCC1)N1CCN(c2ccccc2)CC1. The molecule has 0 spiro atoms. The molecule has 25 heavy (non-hydrogen) atoms. The molecule has 0 aliphatic carbocycles. The van der Waals surface area contributed by atoms with Crippen LogP contribution < -0.4 is 10.2 Å². The molecule has 2 aromatic rings. The molecule has 0 bridgehead atoms. The lowest BCUT2D eigenvalue weighted by Crippen LogP contribution is -2.49. The zero-order chi connectivity index (χ0) is 17.1. The maximum atomic E-state index is 13.0. The fourth-order valence-corrected chi connectivity index (χ4v) is 3.87. The van der Waals surface area contributed by atoms with E-state index in [1.165, 1.54) is 5.69 Å². The van der Waals surface area contributed by atoms with E-state index in [4.69, 9.17) is 0 Å². The summed E-state index contributed by atoms with van der Waals surface area (Å²) >= 11 is 0. The second kappa shape index (κ2) is 7.27. The molecule has 2 aliphatic rings. The van der Waals surface area contributed by atoms with Gasteiger partial charge in [0.2, 0.25) is 0 Å². The Morgan fingerprint density at radius 3 is 2.48 bits per heavy atom. The molecule has 2 aliphatic heterocycles. The molecule has 6 heteroatoms. The van der Waals surface area contributed by atoms with Crippen molar-refractivity contribution in [2.24, 2.45) is 0 Å². The number of nitrogens with zero attached hydrogens (tertiary/aromatic N) is 3. The normalized spacial score (nSPS) is 19.2. The third kappa shape index (κ3) is 3.39. The molecule has 1 amide bonds. The molecule has 0 radical (unpaired) electrons. The number of aromatic nitrogens is 2. The Morgan fingerprint density at radius 1 is 1.04 bits per heavy atom. The number of hydrogen-bond acceptors (Lipinski definition) is 4. The van der Waals surface area contributed by atoms with Gasteiger partial charge < -0.3 is 15.1 Å². The number of hydrogen-bond donors (Lipinski definition) is 2. The van der Waals surface area contributed by atoms with Crippen LogP contribution in [0.1, 0.15) is 34.8 Å². The summed E-state index contributed by atoms with van der Waals surface area (Å²) in [7, 11) is 0. The van der Waals surface area contributed by atoms with E-state index in [1.807, 2.05) is 11.0 Å². The Kier molecular flexibility index (Phi) is 4.70. The van der Waals surface area contributed by atoms with Gasteiger partial charge in [0.25, 0.3) is 5.91 Å². The molecular formula is C19H25N5O. The molecule has 132 valence electrons. The number of carbonyl (C=O) groups is 1. The van der Waals surface area contributed by atoms with Gasteiger partial charge in [-0.2, -0.15) is 5.10 Å². The van der Waals surface area contributed by atoms with Crippen LogP contribution in [0, 0.1) is 0 Å². The first-order chi connectivity index (χ1) is 12.3. The number of carbonyl (C=O) groups excluding carboxylic acids is 1. The minimum Gasteiger partial charge on any atom is -0.368 e. The van der Waals surface area contributed by atoms with Crippen LogP contribution in [0.4, 0.5) is 5.69 Å². The predicted molar refractivity (Wildman–Crippen MR) is 98.0 cm³/mol. The highest BCUT2D eigenvalue weighted by Gasteiger charge is 2.28. The number of anilines is 1. The van der Waals surface area contributed by atoms with Crippen molar-refractivity contribution in [2.75, 3.05) is 44.2 Å². The van der Waals surface area contributed by atoms with Crippen LogP contribution in [0.3, 0.4) is 0 Å². The molecule has 0 atom stereocenters. The van der Waals surface area contributed by atoms with Crippen molar-refractivity contribution in [3.8, 4) is 0 Å². The van der Waals surface area contributed by atoms with Crippen molar-refractivity contribution in [1.82, 2.24) is 20.4 Å². The quantitative estimate of drug-likeness (QED) is 0.896. The van der Waals surface area contributed by atoms with Crippen LogP contribution >= 0.6 is 0 Å². The summed E-state index contributed by atoms with van der Waals surface area (Å²) in [4.78, 5) is 17.3. The summed E-state index contributed by atoms with van der Waals surface area (Å²) < 4.78 is 0. The van der Waals surface area contributed by atoms with E-state index >= 15 is 0 Å². The first-order valence-electron chi connectivity index (χ1n) is 9.16. The topological polar surface area (TPSA) is 64.3 Å². The monoisotopic (exact) mass is 339 g/mol. The fourth-order valence-electron chi connectivity index (χ4n) is 3.87. The Bertz CT molecular complexity index is 700. The van der Waals surface area contributed by atoms with Gasteiger partial charge in [-0.25, -0.2) is 0 Å². The molecule has 0 unspecified atom stereocenters. The van der Waals surface area contributed by atoms with Gasteiger partial charge in [0, 0.05) is 37.8 Å². The summed E-state index contributed by atoms with van der Waals surface area (Å²) in [6.07, 6.45) is 3.83. The number of para-hydroxylation sites is 1. The largest absolute Gasteiger partial charge is 0.368 e. The van der Waals surface area contributed by atoms with Crippen LogP contribution in [-0.2, 0) is 0 Å². The second-order valence-electron chi connectivity index (χ2n) is 6.84. The molecular weight excluding hydrogens is 314 g/mol. The van der Waals surface area contributed by atoms with Crippen molar-refractivity contribution in [3.63, 3.8) is 0 Å². The van der Waals surface area contributed by atoms with Crippen molar-refractivity contribution >= 4 is 11.6 Å². The number of piperazine rings is 1. The van der Waals surface area contributed by atoms with Crippen LogP contribution in [-0.4, -0.2) is 60.3 Å². The smallest absolute Gasteiger partial charge is 0.257 e. The van der Waals surface area contributed by atoms with Crippen molar-refractivity contribution in [2.45, 2.75) is 18.8 Å². The third-order valence-electron chi connectivity index (χ3n) is 5.33. The predicted octanol–water partition coefficient (Wildman–Crippen LogP) is 1.84. The Balaban J connectivity index is 1.42. The first-order valence-corrected chi connectivity index (χ1v) is 9.16. The second-order valence-corrected chi connectivity index (χ2v) is 6.84.